The molecule has 0 fully saturated rings. The van der Waals surface area contributed by atoms with Gasteiger partial charge in [-0.3, -0.25) is 9.35 Å². The van der Waals surface area contributed by atoms with Crippen LogP contribution in [0.2, 0.25) is 0 Å². The van der Waals surface area contributed by atoms with Crippen molar-refractivity contribution in [1.29, 1.82) is 0 Å². The molecule has 6 heteroatoms. The lowest BCUT2D eigenvalue weighted by molar-refractivity contribution is -0.117. The van der Waals surface area contributed by atoms with Crippen LogP contribution in [0.3, 0.4) is 0 Å². The molecule has 0 bridgehead atoms. The van der Waals surface area contributed by atoms with Crippen molar-refractivity contribution in [2.24, 2.45) is 5.73 Å². The van der Waals surface area contributed by atoms with Gasteiger partial charge in [-0.05, 0) is 18.9 Å². The quantitative estimate of drug-likeness (QED) is 0.508. The van der Waals surface area contributed by atoms with Crippen LogP contribution in [0.1, 0.15) is 20.3 Å². The van der Waals surface area contributed by atoms with Crippen LogP contribution in [0.25, 0.3) is 0 Å². The monoisotopic (exact) mass is 221 g/mol. The predicted octanol–water partition coefficient (Wildman–Crippen LogP) is 0.127. The zero-order chi connectivity index (χ0) is 11.6. The molecule has 0 spiro atoms. The molecule has 0 saturated carbocycles. The zero-order valence-electron chi connectivity index (χ0n) is 8.28. The van der Waals surface area contributed by atoms with Crippen LogP contribution < -0.4 is 5.73 Å². The number of Topliss-reactive ketones (excluding diaryl/α,β-unsaturated/α-hetero) is 1. The Morgan fingerprint density at radius 3 is 2.07 bits per heavy atom. The molecule has 0 aliphatic heterocycles. The predicted molar refractivity (Wildman–Crippen MR) is 53.4 cm³/mol. The molecule has 0 amide bonds. The maximum absolute atomic E-state index is 11.6. The third kappa shape index (κ3) is 2.02. The van der Waals surface area contributed by atoms with Crippen molar-refractivity contribution in [3.8, 4) is 0 Å². The van der Waals surface area contributed by atoms with E-state index in [0.29, 0.717) is 0 Å². The lowest BCUT2D eigenvalue weighted by Crippen LogP contribution is -2.52. The third-order valence-corrected chi connectivity index (χ3v) is 3.82. The second-order valence-corrected chi connectivity index (χ2v) is 4.87. The third-order valence-electron chi connectivity index (χ3n) is 2.20. The highest BCUT2D eigenvalue weighted by Crippen LogP contribution is 2.23. The minimum atomic E-state index is -4.51. The first kappa shape index (κ1) is 13.3. The van der Waals surface area contributed by atoms with E-state index in [0.717, 1.165) is 0 Å². The number of hydrogen-bond acceptors (Lipinski definition) is 4. The minimum Gasteiger partial charge on any atom is -0.328 e. The SMILES string of the molecule is C=C(C)C(=O)C(CC)(CN)S(=O)(=O)O. The van der Waals surface area contributed by atoms with Crippen molar-refractivity contribution in [3.05, 3.63) is 12.2 Å². The molecular formula is C8H15NO4S. The van der Waals surface area contributed by atoms with Crippen LogP contribution in [0, 0.1) is 0 Å². The number of carbonyl (C=O) groups is 1. The van der Waals surface area contributed by atoms with E-state index in [2.05, 4.69) is 6.58 Å². The van der Waals surface area contributed by atoms with Gasteiger partial charge in [-0.2, -0.15) is 8.42 Å². The summed E-state index contributed by atoms with van der Waals surface area (Å²) >= 11 is 0. The molecule has 0 aromatic carbocycles. The molecule has 0 radical (unpaired) electrons. The standard InChI is InChI=1S/C8H15NO4S/c1-4-8(5-9,14(11,12)13)7(10)6(2)3/h2,4-5,9H2,1,3H3,(H,11,12,13). The Kier molecular flexibility index (Phi) is 3.99. The first-order valence-corrected chi connectivity index (χ1v) is 5.54. The second-order valence-electron chi connectivity index (χ2n) is 3.14. The van der Waals surface area contributed by atoms with E-state index >= 15 is 0 Å². The van der Waals surface area contributed by atoms with Gasteiger partial charge >= 0.3 is 0 Å². The molecule has 3 N–H and O–H groups in total. The number of nitrogens with two attached hydrogens (primary N) is 1. The molecule has 0 aliphatic carbocycles. The molecule has 0 aromatic rings. The first-order chi connectivity index (χ1) is 6.23. The Balaban J connectivity index is 5.54. The summed E-state index contributed by atoms with van der Waals surface area (Å²) in [6.07, 6.45) is -0.0754. The number of ketones is 1. The van der Waals surface area contributed by atoms with Gasteiger partial charge in [-0.25, -0.2) is 0 Å². The van der Waals surface area contributed by atoms with Crippen molar-refractivity contribution < 1.29 is 17.8 Å². The number of carbonyl (C=O) groups excluding carboxylic acids is 1. The van der Waals surface area contributed by atoms with Crippen LogP contribution in [-0.2, 0) is 14.9 Å². The summed E-state index contributed by atoms with van der Waals surface area (Å²) in [5.41, 5.74) is 5.31. The van der Waals surface area contributed by atoms with E-state index in [1.807, 2.05) is 0 Å². The fraction of sp³-hybridized carbons (Fsp3) is 0.625. The van der Waals surface area contributed by atoms with E-state index in [1.54, 1.807) is 0 Å². The van der Waals surface area contributed by atoms with Crippen molar-refractivity contribution in [1.82, 2.24) is 0 Å². The van der Waals surface area contributed by atoms with Crippen LogP contribution >= 0.6 is 0 Å². The van der Waals surface area contributed by atoms with Crippen molar-refractivity contribution in [3.63, 3.8) is 0 Å². The van der Waals surface area contributed by atoms with Gasteiger partial charge in [-0.15, -0.1) is 0 Å². The van der Waals surface area contributed by atoms with E-state index in [9.17, 15) is 13.2 Å². The summed E-state index contributed by atoms with van der Waals surface area (Å²) in [5.74, 6) is -0.731. The van der Waals surface area contributed by atoms with Gasteiger partial charge in [0.2, 0.25) is 0 Å². The highest BCUT2D eigenvalue weighted by molar-refractivity contribution is 7.88. The molecule has 5 nitrogen and oxygen atoms in total. The molecule has 14 heavy (non-hydrogen) atoms. The topological polar surface area (TPSA) is 97.5 Å². The first-order valence-electron chi connectivity index (χ1n) is 4.10. The second kappa shape index (κ2) is 4.20. The van der Waals surface area contributed by atoms with Gasteiger partial charge in [0, 0.05) is 6.54 Å². The van der Waals surface area contributed by atoms with Gasteiger partial charge in [0.1, 0.15) is 0 Å². The van der Waals surface area contributed by atoms with Crippen LogP contribution in [0.5, 0.6) is 0 Å². The van der Waals surface area contributed by atoms with Gasteiger partial charge in [0.05, 0.1) is 0 Å². The lowest BCUT2D eigenvalue weighted by Gasteiger charge is -2.25. The highest BCUT2D eigenvalue weighted by Gasteiger charge is 2.47. The van der Waals surface area contributed by atoms with Crippen LogP contribution in [-0.4, -0.2) is 30.0 Å². The van der Waals surface area contributed by atoms with Gasteiger partial charge in [0.25, 0.3) is 10.1 Å². The molecule has 1 unspecified atom stereocenters. The minimum absolute atomic E-state index is 0.0647. The Bertz CT molecular complexity index is 340. The van der Waals surface area contributed by atoms with Crippen molar-refractivity contribution in [2.75, 3.05) is 6.54 Å². The Morgan fingerprint density at radius 2 is 2.00 bits per heavy atom. The van der Waals surface area contributed by atoms with Crippen LogP contribution in [0.15, 0.2) is 12.2 Å². The summed E-state index contributed by atoms with van der Waals surface area (Å²) in [7, 11) is -4.51. The molecule has 82 valence electrons. The average molecular weight is 221 g/mol. The number of allylic oxidation sites excluding steroid dienone is 1. The summed E-state index contributed by atoms with van der Waals surface area (Å²) in [5, 5.41) is 0. The Hall–Kier alpha value is -0.720. The Morgan fingerprint density at radius 1 is 1.57 bits per heavy atom. The lowest BCUT2D eigenvalue weighted by atomic mass is 9.96. The van der Waals surface area contributed by atoms with E-state index < -0.39 is 27.2 Å². The van der Waals surface area contributed by atoms with Gasteiger partial charge in [-0.1, -0.05) is 13.5 Å². The van der Waals surface area contributed by atoms with Crippen molar-refractivity contribution >= 4 is 15.9 Å². The van der Waals surface area contributed by atoms with Crippen molar-refractivity contribution in [2.45, 2.75) is 25.0 Å². The molecular weight excluding hydrogens is 206 g/mol. The largest absolute Gasteiger partial charge is 0.328 e. The Labute approximate surface area is 83.7 Å². The van der Waals surface area contributed by atoms with E-state index in [1.165, 1.54) is 13.8 Å². The molecule has 0 saturated heterocycles. The molecule has 0 rings (SSSR count). The average Bonchev–Trinajstić information content (AvgIpc) is 2.04. The van der Waals surface area contributed by atoms with Gasteiger partial charge < -0.3 is 5.73 Å². The van der Waals surface area contributed by atoms with E-state index in [4.69, 9.17) is 10.3 Å². The molecule has 0 heterocycles. The fourth-order valence-electron chi connectivity index (χ4n) is 1.19. The smallest absolute Gasteiger partial charge is 0.279 e. The molecule has 0 aromatic heterocycles. The normalized spacial score (nSPS) is 16.0. The summed E-state index contributed by atoms with van der Waals surface area (Å²) in [6.45, 7) is 5.76. The van der Waals surface area contributed by atoms with Crippen LogP contribution in [0.4, 0.5) is 0 Å². The summed E-state index contributed by atoms with van der Waals surface area (Å²) in [6, 6.07) is 0. The molecule has 1 atom stereocenters. The maximum Gasteiger partial charge on any atom is 0.279 e. The fourth-order valence-corrected chi connectivity index (χ4v) is 2.18. The maximum atomic E-state index is 11.6. The summed E-state index contributed by atoms with van der Waals surface area (Å²) < 4.78 is 29.2. The zero-order valence-corrected chi connectivity index (χ0v) is 9.10. The van der Waals surface area contributed by atoms with E-state index in [-0.39, 0.29) is 12.0 Å². The molecule has 0 aliphatic rings. The highest BCUT2D eigenvalue weighted by atomic mass is 32.2. The number of rotatable bonds is 5. The van der Waals surface area contributed by atoms with Gasteiger partial charge in [0.15, 0.2) is 10.5 Å². The summed E-state index contributed by atoms with van der Waals surface area (Å²) in [4.78, 5) is 11.6. The number of hydrogen-bond donors (Lipinski definition) is 2.